The second kappa shape index (κ2) is 12.1. The summed E-state index contributed by atoms with van der Waals surface area (Å²) in [6.45, 7) is 14.7. The molecule has 3 fully saturated rings. The quantitative estimate of drug-likeness (QED) is 0.397. The zero-order chi connectivity index (χ0) is 29.2. The van der Waals surface area contributed by atoms with E-state index in [2.05, 4.69) is 5.32 Å². The van der Waals surface area contributed by atoms with E-state index >= 15 is 0 Å². The van der Waals surface area contributed by atoms with Crippen molar-refractivity contribution < 1.29 is 28.7 Å². The molecule has 2 amide bonds. The zero-order valence-electron chi connectivity index (χ0n) is 25.0. The lowest BCUT2D eigenvalue weighted by Gasteiger charge is -2.54. The van der Waals surface area contributed by atoms with E-state index in [-0.39, 0.29) is 12.5 Å². The lowest BCUT2D eigenvalue weighted by Crippen LogP contribution is -2.73. The predicted octanol–water partition coefficient (Wildman–Crippen LogP) is 2.38. The van der Waals surface area contributed by atoms with E-state index in [1.807, 2.05) is 58.3 Å². The Balaban J connectivity index is 2.23. The molecule has 4 atom stereocenters. The number of nitrogens with zero attached hydrogens (tertiary/aromatic N) is 2. The molecule has 4 unspecified atom stereocenters. The number of carbonyl (C=O) groups is 4. The number of amides is 2. The van der Waals surface area contributed by atoms with E-state index < -0.39 is 58.4 Å². The molecule has 3 N–H and O–H groups in total. The summed E-state index contributed by atoms with van der Waals surface area (Å²) in [4.78, 5) is 59.7. The van der Waals surface area contributed by atoms with Crippen LogP contribution in [0.5, 0.6) is 0 Å². The first-order valence-corrected chi connectivity index (χ1v) is 14.8. The Morgan fingerprint density at radius 1 is 0.949 bits per heavy atom. The van der Waals surface area contributed by atoms with Crippen LogP contribution < -0.4 is 11.1 Å². The van der Waals surface area contributed by atoms with Crippen molar-refractivity contribution in [1.29, 1.82) is 0 Å². The molecule has 0 aromatic rings. The summed E-state index contributed by atoms with van der Waals surface area (Å²) in [5, 5.41) is 3.17. The fraction of sp³-hybridized carbons (Fsp3) is 0.862. The van der Waals surface area contributed by atoms with Crippen LogP contribution in [0.2, 0.25) is 0 Å². The summed E-state index contributed by atoms with van der Waals surface area (Å²) in [7, 11) is 0. The van der Waals surface area contributed by atoms with Gasteiger partial charge in [0.05, 0.1) is 11.3 Å². The standard InChI is InChI=1S/C29H50N4O6/c1-8-16-29(26(30)37,22-25(36)39-28(6,7)18-33(22)10-3)20(23(34)31-19-14-12-11-13-15-19)21-24(35)38-27(4,5)17-32(21)9-2/h19-22H,8-18H2,1-7H3,(H2,30,37)(H,31,34). The normalized spacial score (nSPS) is 28.6. The SMILES string of the molecule is CCCC(C(N)=O)(C(C(=O)NC1CCCCC1)C1C(=O)OC(C)(C)CN1CC)C1C(=O)OC(C)(C)CN1CC. The molecule has 1 saturated carbocycles. The van der Waals surface area contributed by atoms with Crippen LogP contribution in [0.3, 0.4) is 0 Å². The fourth-order valence-corrected chi connectivity index (χ4v) is 7.16. The Morgan fingerprint density at radius 3 is 2.00 bits per heavy atom. The zero-order valence-corrected chi connectivity index (χ0v) is 25.0. The minimum absolute atomic E-state index is 0.0633. The van der Waals surface area contributed by atoms with Gasteiger partial charge in [-0.1, -0.05) is 46.5 Å². The minimum atomic E-state index is -1.70. The highest BCUT2D eigenvalue weighted by molar-refractivity contribution is 5.99. The highest BCUT2D eigenvalue weighted by Gasteiger charge is 2.65. The van der Waals surface area contributed by atoms with Crippen LogP contribution >= 0.6 is 0 Å². The van der Waals surface area contributed by atoms with Gasteiger partial charge in [0.15, 0.2) is 0 Å². The molecular formula is C29H50N4O6. The molecule has 0 bridgehead atoms. The van der Waals surface area contributed by atoms with Crippen LogP contribution in [0.15, 0.2) is 0 Å². The van der Waals surface area contributed by atoms with Gasteiger partial charge in [0, 0.05) is 19.1 Å². The number of hydrogen-bond acceptors (Lipinski definition) is 8. The van der Waals surface area contributed by atoms with Gasteiger partial charge >= 0.3 is 11.9 Å². The van der Waals surface area contributed by atoms with Gasteiger partial charge in [-0.05, 0) is 60.0 Å². The Morgan fingerprint density at radius 2 is 1.49 bits per heavy atom. The number of nitrogens with one attached hydrogen (secondary N) is 1. The van der Waals surface area contributed by atoms with E-state index in [0.717, 1.165) is 32.1 Å². The molecule has 3 aliphatic rings. The van der Waals surface area contributed by atoms with Gasteiger partial charge in [-0.2, -0.15) is 0 Å². The first-order chi connectivity index (χ1) is 18.2. The Labute approximate surface area is 233 Å². The lowest BCUT2D eigenvalue weighted by atomic mass is 9.61. The molecule has 39 heavy (non-hydrogen) atoms. The Bertz CT molecular complexity index is 931. The average Bonchev–Trinajstić information content (AvgIpc) is 2.83. The van der Waals surface area contributed by atoms with Crippen molar-refractivity contribution in [2.45, 2.75) is 123 Å². The van der Waals surface area contributed by atoms with Crippen LogP contribution in [0, 0.1) is 11.3 Å². The van der Waals surface area contributed by atoms with Gasteiger partial charge in [0.1, 0.15) is 23.3 Å². The van der Waals surface area contributed by atoms with Gasteiger partial charge in [0.25, 0.3) is 0 Å². The van der Waals surface area contributed by atoms with Crippen LogP contribution in [0.25, 0.3) is 0 Å². The topological polar surface area (TPSA) is 131 Å². The summed E-state index contributed by atoms with van der Waals surface area (Å²) in [6, 6.07) is -2.25. The van der Waals surface area contributed by atoms with Gasteiger partial charge in [0.2, 0.25) is 11.8 Å². The predicted molar refractivity (Wildman–Crippen MR) is 147 cm³/mol. The number of carbonyl (C=O) groups excluding carboxylic acids is 4. The third-order valence-corrected chi connectivity index (χ3v) is 8.67. The van der Waals surface area contributed by atoms with E-state index in [1.54, 1.807) is 0 Å². The molecule has 0 spiro atoms. The summed E-state index contributed by atoms with van der Waals surface area (Å²) in [5.74, 6) is -3.62. The second-order valence-electron chi connectivity index (χ2n) is 12.8. The molecule has 10 nitrogen and oxygen atoms in total. The van der Waals surface area contributed by atoms with Crippen molar-refractivity contribution in [1.82, 2.24) is 15.1 Å². The molecule has 2 heterocycles. The fourth-order valence-electron chi connectivity index (χ4n) is 7.16. The number of esters is 2. The Kier molecular flexibility index (Phi) is 9.74. The smallest absolute Gasteiger partial charge is 0.325 e. The first kappa shape index (κ1) is 31.3. The van der Waals surface area contributed by atoms with Crippen LogP contribution in [0.1, 0.15) is 93.4 Å². The van der Waals surface area contributed by atoms with Crippen LogP contribution in [0.4, 0.5) is 0 Å². The van der Waals surface area contributed by atoms with E-state index in [0.29, 0.717) is 32.6 Å². The third kappa shape index (κ3) is 6.42. The molecule has 0 aromatic heterocycles. The lowest BCUT2D eigenvalue weighted by molar-refractivity contribution is -0.202. The summed E-state index contributed by atoms with van der Waals surface area (Å²) in [5.41, 5.74) is 3.03. The molecular weight excluding hydrogens is 500 g/mol. The highest BCUT2D eigenvalue weighted by atomic mass is 16.6. The van der Waals surface area contributed by atoms with Crippen molar-refractivity contribution in [3.8, 4) is 0 Å². The number of nitrogens with two attached hydrogens (primary N) is 1. The number of primary amides is 1. The second-order valence-corrected chi connectivity index (χ2v) is 12.8. The molecule has 0 radical (unpaired) electrons. The number of likely N-dealkylation sites (N-methyl/N-ethyl adjacent to an activating group) is 2. The minimum Gasteiger partial charge on any atom is -0.457 e. The molecule has 1 aliphatic carbocycles. The first-order valence-electron chi connectivity index (χ1n) is 14.8. The molecule has 222 valence electrons. The van der Waals surface area contributed by atoms with E-state index in [1.165, 1.54) is 0 Å². The van der Waals surface area contributed by atoms with Crippen LogP contribution in [-0.2, 0) is 28.7 Å². The van der Waals surface area contributed by atoms with E-state index in [4.69, 9.17) is 15.2 Å². The van der Waals surface area contributed by atoms with Crippen molar-refractivity contribution in [2.75, 3.05) is 26.2 Å². The maximum Gasteiger partial charge on any atom is 0.325 e. The molecule has 10 heteroatoms. The van der Waals surface area contributed by atoms with Crippen molar-refractivity contribution in [2.24, 2.45) is 17.1 Å². The molecule has 2 saturated heterocycles. The highest BCUT2D eigenvalue weighted by Crippen LogP contribution is 2.47. The maximum absolute atomic E-state index is 14.5. The van der Waals surface area contributed by atoms with Crippen molar-refractivity contribution in [3.63, 3.8) is 0 Å². The van der Waals surface area contributed by atoms with Gasteiger partial charge in [-0.3, -0.25) is 29.0 Å². The number of morpholine rings is 2. The third-order valence-electron chi connectivity index (χ3n) is 8.67. The summed E-state index contributed by atoms with van der Waals surface area (Å²) < 4.78 is 11.7. The van der Waals surface area contributed by atoms with Crippen molar-refractivity contribution >= 4 is 23.8 Å². The monoisotopic (exact) mass is 550 g/mol. The van der Waals surface area contributed by atoms with Gasteiger partial charge < -0.3 is 20.5 Å². The number of hydrogen-bond donors (Lipinski definition) is 2. The van der Waals surface area contributed by atoms with Gasteiger partial charge in [-0.15, -0.1) is 0 Å². The Hall–Kier alpha value is -2.20. The molecule has 2 aliphatic heterocycles. The number of rotatable bonds is 10. The van der Waals surface area contributed by atoms with Gasteiger partial charge in [-0.25, -0.2) is 0 Å². The largest absolute Gasteiger partial charge is 0.457 e. The maximum atomic E-state index is 14.5. The number of cyclic esters (lactones) is 2. The number of ether oxygens (including phenoxy) is 2. The van der Waals surface area contributed by atoms with Crippen LogP contribution in [-0.4, -0.2) is 89.1 Å². The van der Waals surface area contributed by atoms with Crippen molar-refractivity contribution in [3.05, 3.63) is 0 Å². The molecule has 0 aromatic carbocycles. The van der Waals surface area contributed by atoms with E-state index in [9.17, 15) is 19.2 Å². The summed E-state index contributed by atoms with van der Waals surface area (Å²) >= 11 is 0. The summed E-state index contributed by atoms with van der Waals surface area (Å²) in [6.07, 6.45) is 5.39. The average molecular weight is 551 g/mol. The molecule has 3 rings (SSSR count).